The summed E-state index contributed by atoms with van der Waals surface area (Å²) >= 11 is 2.18. The van der Waals surface area contributed by atoms with Crippen LogP contribution in [0, 0.1) is 12.7 Å². The van der Waals surface area contributed by atoms with Gasteiger partial charge in [-0.2, -0.15) is 0 Å². The minimum atomic E-state index is -0.423. The Labute approximate surface area is 184 Å². The highest BCUT2D eigenvalue weighted by Gasteiger charge is 2.18. The first kappa shape index (κ1) is 21.8. The van der Waals surface area contributed by atoms with Crippen molar-refractivity contribution in [2.24, 2.45) is 7.05 Å². The predicted molar refractivity (Wildman–Crippen MR) is 120 cm³/mol. The number of hydrogen-bond donors (Lipinski definition) is 1. The van der Waals surface area contributed by atoms with Crippen molar-refractivity contribution in [3.8, 4) is 11.6 Å². The maximum Gasteiger partial charge on any atom is 0.232 e. The summed E-state index contributed by atoms with van der Waals surface area (Å²) in [7, 11) is 3.29. The number of rotatable bonds is 9. The van der Waals surface area contributed by atoms with Gasteiger partial charge in [-0.25, -0.2) is 4.39 Å². The Kier molecular flexibility index (Phi) is 7.28. The van der Waals surface area contributed by atoms with E-state index in [1.165, 1.54) is 22.1 Å². The van der Waals surface area contributed by atoms with Gasteiger partial charge in [0, 0.05) is 80.3 Å². The zero-order valence-electron chi connectivity index (χ0n) is 16.4. The van der Waals surface area contributed by atoms with Crippen LogP contribution in [-0.2, 0) is 18.3 Å². The van der Waals surface area contributed by atoms with Crippen molar-refractivity contribution >= 4 is 47.1 Å². The second kappa shape index (κ2) is 9.70. The van der Waals surface area contributed by atoms with Gasteiger partial charge in [0.25, 0.3) is 0 Å². The summed E-state index contributed by atoms with van der Waals surface area (Å²) in [5.74, 6) is 0.183. The normalized spacial score (nSPS) is 11.1. The number of aromatic nitrogens is 3. The van der Waals surface area contributed by atoms with Crippen molar-refractivity contribution in [3.63, 3.8) is 0 Å². The summed E-state index contributed by atoms with van der Waals surface area (Å²) in [5, 5.41) is 7.84. The Morgan fingerprint density at radius 3 is 2.76 bits per heavy atom. The Morgan fingerprint density at radius 1 is 1.34 bits per heavy atom. The molecule has 3 aromatic rings. The number of nitrogens with zero attached hydrogens (tertiary/aromatic N) is 3. The van der Waals surface area contributed by atoms with E-state index in [4.69, 9.17) is 9.47 Å². The van der Waals surface area contributed by atoms with Crippen LogP contribution in [-0.4, -0.2) is 39.4 Å². The smallest absolute Gasteiger partial charge is 0.232 e. The van der Waals surface area contributed by atoms with E-state index in [0.29, 0.717) is 18.8 Å². The summed E-state index contributed by atoms with van der Waals surface area (Å²) in [5.41, 5.74) is 2.88. The second-order valence-electron chi connectivity index (χ2n) is 6.48. The van der Waals surface area contributed by atoms with Gasteiger partial charge in [0.1, 0.15) is 13.2 Å². The van der Waals surface area contributed by atoms with Crippen LogP contribution in [0.4, 0.5) is 4.39 Å². The summed E-state index contributed by atoms with van der Waals surface area (Å²) in [6.45, 7) is 4.46. The number of hydrogen-bond acceptors (Lipinski definition) is 5. The molecule has 0 aliphatic rings. The van der Waals surface area contributed by atoms with E-state index in [-0.39, 0.29) is 24.9 Å². The molecule has 2 aromatic heterocycles. The number of carbonyl (C=O) groups excluding carboxylic acids is 1. The van der Waals surface area contributed by atoms with E-state index in [1.807, 2.05) is 10.9 Å². The van der Waals surface area contributed by atoms with Crippen LogP contribution in [0.25, 0.3) is 10.9 Å². The average molecular weight is 532 g/mol. The van der Waals surface area contributed by atoms with Gasteiger partial charge in [0.05, 0.1) is 5.52 Å². The Morgan fingerprint density at radius 2 is 2.10 bits per heavy atom. The highest BCUT2D eigenvalue weighted by Crippen LogP contribution is 2.36. The molecule has 0 aliphatic carbocycles. The third-order valence-corrected chi connectivity index (χ3v) is 6.22. The van der Waals surface area contributed by atoms with Gasteiger partial charge >= 0.3 is 0 Å². The fourth-order valence-electron chi connectivity index (χ4n) is 3.10. The van der Waals surface area contributed by atoms with Crippen molar-refractivity contribution in [1.82, 2.24) is 19.1 Å². The van der Waals surface area contributed by atoms with Gasteiger partial charge in [-0.1, -0.05) is 0 Å². The van der Waals surface area contributed by atoms with Crippen LogP contribution >= 0.6 is 30.3 Å². The zero-order valence-corrected chi connectivity index (χ0v) is 19.3. The molecule has 2 heterocycles. The molecule has 10 heteroatoms. The Bertz CT molecular complexity index is 1020. The number of nitrogens with one attached hydrogen (secondary N) is 1. The first-order valence-electron chi connectivity index (χ1n) is 9.03. The number of fused-ring (bicyclic) bond motifs is 1. The molecule has 0 bridgehead atoms. The molecule has 1 amide bonds. The third-order valence-electron chi connectivity index (χ3n) is 4.43. The molecule has 0 spiro atoms. The molecule has 0 saturated heterocycles. The average Bonchev–Trinajstić information content (AvgIpc) is 3.19. The molecule has 0 fully saturated rings. The standard InChI is InChI=1S/C19H22FIN4O3S/c1-12-14(4-6-22-13(2)26)15-10-18(16(20)11-17(15)25(12)29-21)27-8-9-28-19-5-7-24(3)23-19/h5,7,10-11H,4,6,8-9H2,1-3H3,(H,22,26). The number of benzene rings is 1. The van der Waals surface area contributed by atoms with Crippen LogP contribution in [0.15, 0.2) is 24.4 Å². The van der Waals surface area contributed by atoms with Crippen LogP contribution in [0.2, 0.25) is 0 Å². The fourth-order valence-corrected chi connectivity index (χ4v) is 5.06. The van der Waals surface area contributed by atoms with E-state index in [2.05, 4.69) is 31.6 Å². The van der Waals surface area contributed by atoms with Crippen LogP contribution in [0.1, 0.15) is 18.2 Å². The largest absolute Gasteiger partial charge is 0.487 e. The lowest BCUT2D eigenvalue weighted by atomic mass is 10.1. The lowest BCUT2D eigenvalue weighted by molar-refractivity contribution is -0.118. The van der Waals surface area contributed by atoms with E-state index < -0.39 is 5.82 Å². The number of halogens is 2. The highest BCUT2D eigenvalue weighted by atomic mass is 127. The van der Waals surface area contributed by atoms with E-state index in [9.17, 15) is 9.18 Å². The maximum atomic E-state index is 14.6. The SMILES string of the molecule is CC(=O)NCCc1c(C)n(SI)c2cc(F)c(OCCOc3ccn(C)n3)cc12. The summed E-state index contributed by atoms with van der Waals surface area (Å²) in [4.78, 5) is 11.2. The lowest BCUT2D eigenvalue weighted by Gasteiger charge is -2.09. The van der Waals surface area contributed by atoms with E-state index >= 15 is 0 Å². The molecule has 0 radical (unpaired) electrons. The van der Waals surface area contributed by atoms with Crippen molar-refractivity contribution in [2.75, 3.05) is 19.8 Å². The molecule has 7 nitrogen and oxygen atoms in total. The highest BCUT2D eigenvalue weighted by molar-refractivity contribution is 14.2. The van der Waals surface area contributed by atoms with Gasteiger partial charge in [0.15, 0.2) is 11.6 Å². The Hall–Kier alpha value is -1.95. The summed E-state index contributed by atoms with van der Waals surface area (Å²) in [6, 6.07) is 4.97. The summed E-state index contributed by atoms with van der Waals surface area (Å²) in [6.07, 6.45) is 2.43. The van der Waals surface area contributed by atoms with Crippen molar-refractivity contribution in [3.05, 3.63) is 41.5 Å². The monoisotopic (exact) mass is 532 g/mol. The van der Waals surface area contributed by atoms with Gasteiger partial charge in [-0.05, 0) is 25.0 Å². The van der Waals surface area contributed by atoms with Crippen LogP contribution < -0.4 is 14.8 Å². The molecule has 0 atom stereocenters. The number of amides is 1. The third kappa shape index (κ3) is 5.16. The van der Waals surface area contributed by atoms with Gasteiger partial charge in [-0.3, -0.25) is 13.4 Å². The molecular weight excluding hydrogens is 510 g/mol. The maximum absolute atomic E-state index is 14.6. The molecule has 0 unspecified atom stereocenters. The lowest BCUT2D eigenvalue weighted by Crippen LogP contribution is -2.22. The molecule has 0 aliphatic heterocycles. The minimum absolute atomic E-state index is 0.0716. The van der Waals surface area contributed by atoms with E-state index in [0.717, 1.165) is 22.2 Å². The summed E-state index contributed by atoms with van der Waals surface area (Å²) < 4.78 is 29.4. The van der Waals surface area contributed by atoms with E-state index in [1.54, 1.807) is 30.1 Å². The number of aryl methyl sites for hydroxylation is 1. The van der Waals surface area contributed by atoms with Gasteiger partial charge in [-0.15, -0.1) is 5.10 Å². The molecule has 29 heavy (non-hydrogen) atoms. The molecule has 1 aromatic carbocycles. The fraction of sp³-hybridized carbons (Fsp3) is 0.368. The molecule has 0 saturated carbocycles. The van der Waals surface area contributed by atoms with Crippen molar-refractivity contribution < 1.29 is 18.7 Å². The predicted octanol–water partition coefficient (Wildman–Crippen LogP) is 3.81. The molecule has 3 rings (SSSR count). The Balaban J connectivity index is 1.77. The minimum Gasteiger partial charge on any atom is -0.487 e. The molecule has 156 valence electrons. The zero-order chi connectivity index (χ0) is 21.0. The first-order chi connectivity index (χ1) is 13.9. The van der Waals surface area contributed by atoms with Gasteiger partial charge in [0.2, 0.25) is 11.8 Å². The van der Waals surface area contributed by atoms with Crippen LogP contribution in [0.5, 0.6) is 11.6 Å². The van der Waals surface area contributed by atoms with Crippen molar-refractivity contribution in [1.29, 1.82) is 0 Å². The molecule has 1 N–H and O–H groups in total. The topological polar surface area (TPSA) is 70.3 Å². The first-order valence-corrected chi connectivity index (χ1v) is 12.3. The number of ether oxygens (including phenoxy) is 2. The number of carbonyl (C=O) groups is 1. The molecular formula is C19H22FIN4O3S. The van der Waals surface area contributed by atoms with Crippen LogP contribution in [0.3, 0.4) is 0 Å². The van der Waals surface area contributed by atoms with Gasteiger partial charge < -0.3 is 14.8 Å². The van der Waals surface area contributed by atoms with Crippen molar-refractivity contribution in [2.45, 2.75) is 20.3 Å². The second-order valence-corrected chi connectivity index (χ2v) is 8.17. The quantitative estimate of drug-likeness (QED) is 0.336.